The van der Waals surface area contributed by atoms with E-state index < -0.39 is 6.37 Å². The molecule has 6 rings (SSSR count). The fraction of sp³-hybridized carbons (Fsp3) is 0.333. The smallest absolute Gasteiger partial charge is 0.216 e. The Morgan fingerprint density at radius 3 is 2.41 bits per heavy atom. The topological polar surface area (TPSA) is 40.8 Å². The van der Waals surface area contributed by atoms with Crippen molar-refractivity contribution >= 4 is 21.9 Å². The van der Waals surface area contributed by atoms with Gasteiger partial charge in [0, 0.05) is 31.2 Å². The minimum absolute atomic E-state index is 0.197. The number of furan rings is 1. The molecule has 39 heavy (non-hydrogen) atoms. The van der Waals surface area contributed by atoms with Crippen LogP contribution in [0.25, 0.3) is 44.3 Å². The van der Waals surface area contributed by atoms with E-state index in [-0.39, 0.29) is 10.8 Å². The minimum Gasteiger partial charge on any atom is -0.454 e. The second kappa shape index (κ2) is 8.82. The lowest BCUT2D eigenvalue weighted by atomic mass is 9.67. The first-order valence-corrected chi connectivity index (χ1v) is 13.8. The van der Waals surface area contributed by atoms with Gasteiger partial charge in [0.05, 0.1) is 17.2 Å². The molecule has 2 aromatic heterocycles. The standard InChI is InChI=1S/C36H37N2O/c1-22-13-15-25-26-16-14-23(21-37)32(34(26)39-33(25)31(22)30-12-8-9-18-38(30)7)24-19-28(35(2,3)4)27-11-10-17-36(5,6)29(27)20-24/h8-9,12-16,18-20H,10-11,17H2,1-7H3/q+1/i11D2. The molecule has 196 valence electrons. The van der Waals surface area contributed by atoms with E-state index in [4.69, 9.17) is 7.16 Å². The summed E-state index contributed by atoms with van der Waals surface area (Å²) < 4.78 is 26.9. The third-order valence-corrected chi connectivity index (χ3v) is 8.47. The number of aromatic nitrogens is 1. The molecule has 3 nitrogen and oxygen atoms in total. The van der Waals surface area contributed by atoms with Gasteiger partial charge in [-0.05, 0) is 83.0 Å². The maximum Gasteiger partial charge on any atom is 0.216 e. The Morgan fingerprint density at radius 1 is 1.00 bits per heavy atom. The summed E-state index contributed by atoms with van der Waals surface area (Å²) in [5, 5.41) is 12.3. The Hall–Kier alpha value is -3.90. The Balaban J connectivity index is 1.74. The van der Waals surface area contributed by atoms with Gasteiger partial charge in [0.25, 0.3) is 0 Å². The van der Waals surface area contributed by atoms with Crippen LogP contribution in [0, 0.1) is 18.3 Å². The van der Waals surface area contributed by atoms with Crippen molar-refractivity contribution in [2.45, 2.75) is 71.6 Å². The lowest BCUT2D eigenvalue weighted by Crippen LogP contribution is -2.30. The van der Waals surface area contributed by atoms with Gasteiger partial charge in [-0.3, -0.25) is 0 Å². The maximum atomic E-state index is 10.3. The molecular weight excluding hydrogens is 476 g/mol. The highest BCUT2D eigenvalue weighted by molar-refractivity contribution is 6.14. The van der Waals surface area contributed by atoms with Gasteiger partial charge < -0.3 is 4.42 Å². The molecule has 0 aliphatic heterocycles. The molecule has 0 fully saturated rings. The van der Waals surface area contributed by atoms with Crippen LogP contribution in [0.15, 0.2) is 65.2 Å². The zero-order valence-electron chi connectivity index (χ0n) is 26.0. The molecule has 0 N–H and O–H groups in total. The van der Waals surface area contributed by atoms with E-state index in [1.165, 1.54) is 0 Å². The van der Waals surface area contributed by atoms with Gasteiger partial charge >= 0.3 is 0 Å². The second-order valence-corrected chi connectivity index (χ2v) is 12.7. The van der Waals surface area contributed by atoms with Gasteiger partial charge in [0.2, 0.25) is 5.69 Å². The van der Waals surface area contributed by atoms with Crippen LogP contribution in [0.1, 0.15) is 78.0 Å². The molecule has 0 saturated carbocycles. The zero-order valence-corrected chi connectivity index (χ0v) is 24.0. The molecule has 0 amide bonds. The summed E-state index contributed by atoms with van der Waals surface area (Å²) in [5.74, 6) is 0. The fourth-order valence-electron chi connectivity index (χ4n) is 6.22. The van der Waals surface area contributed by atoms with E-state index in [1.54, 1.807) is 0 Å². The van der Waals surface area contributed by atoms with Crippen molar-refractivity contribution in [2.75, 3.05) is 0 Å². The number of hydrogen-bond acceptors (Lipinski definition) is 2. The van der Waals surface area contributed by atoms with Crippen LogP contribution in [0.3, 0.4) is 0 Å². The van der Waals surface area contributed by atoms with E-state index >= 15 is 0 Å². The van der Waals surface area contributed by atoms with E-state index in [9.17, 15) is 5.26 Å². The summed E-state index contributed by atoms with van der Waals surface area (Å²) in [5.41, 5.74) is 9.31. The van der Waals surface area contributed by atoms with Crippen molar-refractivity contribution < 1.29 is 11.7 Å². The number of nitrogens with zero attached hydrogens (tertiary/aromatic N) is 2. The molecule has 3 aromatic carbocycles. The van der Waals surface area contributed by atoms with Crippen LogP contribution in [-0.2, 0) is 24.3 Å². The number of pyridine rings is 1. The number of rotatable bonds is 2. The number of benzene rings is 3. The average molecular weight is 516 g/mol. The summed E-state index contributed by atoms with van der Waals surface area (Å²) in [7, 11) is 2.04. The second-order valence-electron chi connectivity index (χ2n) is 12.7. The molecule has 0 bridgehead atoms. The molecule has 5 aromatic rings. The first-order chi connectivity index (χ1) is 19.2. The minimum atomic E-state index is -1.41. The molecular formula is C36H37N2O+. The van der Waals surface area contributed by atoms with Crippen molar-refractivity contribution in [1.82, 2.24) is 0 Å². The SMILES string of the molecule is [2H]C1([2H])CCC(C)(C)c2cc(-c3c(C#N)ccc4c3oc3c(-c5cccc[n+]5C)c(C)ccc34)cc(C(C)(C)C)c21. The van der Waals surface area contributed by atoms with Crippen LogP contribution in [0.5, 0.6) is 0 Å². The van der Waals surface area contributed by atoms with E-state index in [0.29, 0.717) is 17.6 Å². The first-order valence-electron chi connectivity index (χ1n) is 14.8. The van der Waals surface area contributed by atoms with Crippen molar-refractivity contribution in [3.8, 4) is 28.5 Å². The van der Waals surface area contributed by atoms with Gasteiger partial charge in [0.15, 0.2) is 6.20 Å². The summed E-state index contributed by atoms with van der Waals surface area (Å²) in [4.78, 5) is 0. The number of aryl methyl sites for hydroxylation is 2. The Kier molecular flexibility index (Phi) is 5.21. The molecule has 0 saturated heterocycles. The van der Waals surface area contributed by atoms with Crippen LogP contribution >= 0.6 is 0 Å². The summed E-state index contributed by atoms with van der Waals surface area (Å²) in [6.07, 6.45) is 1.89. The highest BCUT2D eigenvalue weighted by atomic mass is 16.3. The average Bonchev–Trinajstić information content (AvgIpc) is 3.28. The fourth-order valence-corrected chi connectivity index (χ4v) is 6.22. The van der Waals surface area contributed by atoms with Gasteiger partial charge in [-0.15, -0.1) is 0 Å². The molecule has 1 aliphatic carbocycles. The monoisotopic (exact) mass is 515 g/mol. The number of fused-ring (bicyclic) bond motifs is 4. The molecule has 0 atom stereocenters. The van der Waals surface area contributed by atoms with Crippen molar-refractivity contribution in [2.24, 2.45) is 7.05 Å². The van der Waals surface area contributed by atoms with Gasteiger partial charge in [0.1, 0.15) is 18.2 Å². The molecule has 1 aliphatic rings. The maximum absolute atomic E-state index is 10.3. The molecule has 0 radical (unpaired) electrons. The summed E-state index contributed by atoms with van der Waals surface area (Å²) >= 11 is 0. The third kappa shape index (κ3) is 3.97. The van der Waals surface area contributed by atoms with E-state index in [2.05, 4.69) is 82.5 Å². The number of hydrogen-bond donors (Lipinski definition) is 0. The molecule has 3 heteroatoms. The van der Waals surface area contributed by atoms with Crippen LogP contribution < -0.4 is 4.57 Å². The molecule has 0 spiro atoms. The Morgan fingerprint density at radius 2 is 1.72 bits per heavy atom. The summed E-state index contributed by atoms with van der Waals surface area (Å²) in [6.45, 7) is 13.0. The van der Waals surface area contributed by atoms with Crippen LogP contribution in [-0.4, -0.2) is 0 Å². The molecule has 2 heterocycles. The van der Waals surface area contributed by atoms with Crippen LogP contribution in [0.2, 0.25) is 0 Å². The highest BCUT2D eigenvalue weighted by Gasteiger charge is 2.33. The normalized spacial score (nSPS) is 17.0. The predicted octanol–water partition coefficient (Wildman–Crippen LogP) is 8.84. The number of nitriles is 1. The van der Waals surface area contributed by atoms with Gasteiger partial charge in [-0.2, -0.15) is 5.26 Å². The lowest BCUT2D eigenvalue weighted by Gasteiger charge is -2.37. The van der Waals surface area contributed by atoms with Crippen molar-refractivity contribution in [1.29, 1.82) is 5.26 Å². The lowest BCUT2D eigenvalue weighted by molar-refractivity contribution is -0.660. The predicted molar refractivity (Wildman–Crippen MR) is 160 cm³/mol. The first kappa shape index (κ1) is 23.0. The molecule has 0 unspecified atom stereocenters. The van der Waals surface area contributed by atoms with Gasteiger partial charge in [-0.1, -0.05) is 58.9 Å². The summed E-state index contributed by atoms with van der Waals surface area (Å²) in [6, 6.07) is 21.0. The van der Waals surface area contributed by atoms with E-state index in [1.807, 2.05) is 37.5 Å². The largest absolute Gasteiger partial charge is 0.454 e. The Labute approximate surface area is 234 Å². The zero-order chi connectivity index (χ0) is 29.5. The van der Waals surface area contributed by atoms with Gasteiger partial charge in [-0.25, -0.2) is 4.57 Å². The van der Waals surface area contributed by atoms with Crippen molar-refractivity contribution in [3.05, 3.63) is 88.6 Å². The van der Waals surface area contributed by atoms with E-state index in [0.717, 1.165) is 67.4 Å². The van der Waals surface area contributed by atoms with Crippen LogP contribution in [0.4, 0.5) is 0 Å². The quantitative estimate of drug-likeness (QED) is 0.220. The third-order valence-electron chi connectivity index (χ3n) is 8.47. The highest BCUT2D eigenvalue weighted by Crippen LogP contribution is 2.47. The Bertz CT molecular complexity index is 1900. The van der Waals surface area contributed by atoms with Crippen molar-refractivity contribution in [3.63, 3.8) is 0 Å².